The molecule has 0 amide bonds. The van der Waals surface area contributed by atoms with Crippen LogP contribution in [0.3, 0.4) is 0 Å². The molecule has 1 N–H and O–H groups in total. The van der Waals surface area contributed by atoms with Crippen molar-refractivity contribution >= 4 is 33.5 Å². The van der Waals surface area contributed by atoms with Gasteiger partial charge in [0.1, 0.15) is 0 Å². The van der Waals surface area contributed by atoms with Gasteiger partial charge in [-0.2, -0.15) is 0 Å². The van der Waals surface area contributed by atoms with Crippen LogP contribution in [0.2, 0.25) is 0 Å². The van der Waals surface area contributed by atoms with Crippen molar-refractivity contribution in [2.24, 2.45) is 0 Å². The summed E-state index contributed by atoms with van der Waals surface area (Å²) in [5.74, 6) is 0. The van der Waals surface area contributed by atoms with Gasteiger partial charge in [-0.1, -0.05) is 36.4 Å². The van der Waals surface area contributed by atoms with Gasteiger partial charge >= 0.3 is 0 Å². The van der Waals surface area contributed by atoms with E-state index in [9.17, 15) is 0 Å². The molecule has 3 aromatic rings. The second kappa shape index (κ2) is 5.89. The average molecular weight is 374 g/mol. The minimum atomic E-state index is 0.167. The number of nitrogens with zero attached hydrogens (tertiary/aromatic N) is 1. The lowest BCUT2D eigenvalue weighted by Crippen LogP contribution is -2.18. The van der Waals surface area contributed by atoms with E-state index in [1.54, 1.807) is 0 Å². The topological polar surface area (TPSA) is 24.9 Å². The van der Waals surface area contributed by atoms with Crippen molar-refractivity contribution in [1.29, 1.82) is 0 Å². The van der Waals surface area contributed by atoms with Crippen LogP contribution in [0, 0.1) is 3.57 Å². The molecule has 0 saturated heterocycles. The second-order valence-electron chi connectivity index (χ2n) is 4.70. The molecule has 0 aliphatic rings. The molecule has 0 bridgehead atoms. The first-order chi connectivity index (χ1) is 9.79. The lowest BCUT2D eigenvalue weighted by molar-refractivity contribution is 0.687. The first-order valence-corrected chi connectivity index (χ1v) is 7.64. The first kappa shape index (κ1) is 13.5. The third kappa shape index (κ3) is 2.55. The summed E-state index contributed by atoms with van der Waals surface area (Å²) in [7, 11) is 1.99. The molecule has 0 radical (unpaired) electrons. The van der Waals surface area contributed by atoms with Gasteiger partial charge in [-0.25, -0.2) is 0 Å². The van der Waals surface area contributed by atoms with E-state index in [0.717, 1.165) is 5.52 Å². The molecule has 0 fully saturated rings. The van der Waals surface area contributed by atoms with Crippen LogP contribution in [-0.4, -0.2) is 12.0 Å². The zero-order valence-electron chi connectivity index (χ0n) is 11.2. The standard InChI is InChI=1S/C17H15IN2/c1-19-17(14-7-3-4-8-15(14)18)13-10-12-6-2-5-9-16(12)20-11-13/h2-11,17,19H,1H3. The SMILES string of the molecule is CNC(c1cnc2ccccc2c1)c1ccccc1I. The maximum Gasteiger partial charge on any atom is 0.0702 e. The van der Waals surface area contributed by atoms with E-state index in [4.69, 9.17) is 0 Å². The Balaban J connectivity index is 2.10. The molecule has 0 spiro atoms. The van der Waals surface area contributed by atoms with E-state index in [1.807, 2.05) is 25.4 Å². The molecule has 20 heavy (non-hydrogen) atoms. The van der Waals surface area contributed by atoms with Crippen LogP contribution in [0.1, 0.15) is 17.2 Å². The lowest BCUT2D eigenvalue weighted by Gasteiger charge is -2.18. The Labute approximate surface area is 132 Å². The number of hydrogen-bond donors (Lipinski definition) is 1. The van der Waals surface area contributed by atoms with Gasteiger partial charge in [0.05, 0.1) is 11.6 Å². The molecular formula is C17H15IN2. The quantitative estimate of drug-likeness (QED) is 0.697. The molecule has 3 heteroatoms. The molecule has 0 aliphatic heterocycles. The van der Waals surface area contributed by atoms with Crippen LogP contribution in [0.5, 0.6) is 0 Å². The Bertz CT molecular complexity index is 740. The number of benzene rings is 2. The Kier molecular flexibility index (Phi) is 3.98. The number of halogens is 1. The van der Waals surface area contributed by atoms with Crippen molar-refractivity contribution in [3.05, 3.63) is 75.5 Å². The van der Waals surface area contributed by atoms with E-state index in [-0.39, 0.29) is 6.04 Å². The Morgan fingerprint density at radius 3 is 2.60 bits per heavy atom. The summed E-state index contributed by atoms with van der Waals surface area (Å²) >= 11 is 2.38. The van der Waals surface area contributed by atoms with E-state index >= 15 is 0 Å². The zero-order valence-corrected chi connectivity index (χ0v) is 13.3. The number of aromatic nitrogens is 1. The molecule has 0 saturated carbocycles. The molecule has 1 aromatic heterocycles. The molecule has 2 nitrogen and oxygen atoms in total. The molecule has 1 heterocycles. The third-order valence-corrected chi connectivity index (χ3v) is 4.43. The van der Waals surface area contributed by atoms with Crippen molar-refractivity contribution in [3.8, 4) is 0 Å². The number of fused-ring (bicyclic) bond motifs is 1. The van der Waals surface area contributed by atoms with Crippen molar-refractivity contribution in [2.45, 2.75) is 6.04 Å². The van der Waals surface area contributed by atoms with Gasteiger partial charge in [0, 0.05) is 15.2 Å². The third-order valence-electron chi connectivity index (χ3n) is 3.45. The van der Waals surface area contributed by atoms with Crippen LogP contribution in [-0.2, 0) is 0 Å². The smallest absolute Gasteiger partial charge is 0.0702 e. The number of hydrogen-bond acceptors (Lipinski definition) is 2. The number of para-hydroxylation sites is 1. The van der Waals surface area contributed by atoms with Crippen molar-refractivity contribution < 1.29 is 0 Å². The Morgan fingerprint density at radius 2 is 1.80 bits per heavy atom. The van der Waals surface area contributed by atoms with E-state index < -0.39 is 0 Å². The lowest BCUT2D eigenvalue weighted by atomic mass is 9.99. The molecule has 0 aliphatic carbocycles. The van der Waals surface area contributed by atoms with E-state index in [0.29, 0.717) is 0 Å². The van der Waals surface area contributed by atoms with Gasteiger partial charge in [0.2, 0.25) is 0 Å². The highest BCUT2D eigenvalue weighted by Crippen LogP contribution is 2.27. The summed E-state index contributed by atoms with van der Waals surface area (Å²) in [6.07, 6.45) is 1.96. The van der Waals surface area contributed by atoms with Crippen LogP contribution in [0.25, 0.3) is 10.9 Å². The molecule has 2 aromatic carbocycles. The van der Waals surface area contributed by atoms with Gasteiger partial charge < -0.3 is 5.32 Å². The summed E-state index contributed by atoms with van der Waals surface area (Å²) < 4.78 is 1.26. The predicted molar refractivity (Wildman–Crippen MR) is 91.8 cm³/mol. The van der Waals surface area contributed by atoms with Gasteiger partial charge in [0.15, 0.2) is 0 Å². The van der Waals surface area contributed by atoms with Crippen molar-refractivity contribution in [2.75, 3.05) is 7.05 Å². The normalized spacial score (nSPS) is 12.5. The maximum absolute atomic E-state index is 4.56. The Hall–Kier alpha value is -1.46. The Morgan fingerprint density at radius 1 is 1.05 bits per heavy atom. The second-order valence-corrected chi connectivity index (χ2v) is 5.87. The molecular weight excluding hydrogens is 359 g/mol. The molecule has 1 unspecified atom stereocenters. The number of rotatable bonds is 3. The van der Waals surface area contributed by atoms with Gasteiger partial charge in [-0.3, -0.25) is 4.98 Å². The zero-order chi connectivity index (χ0) is 13.9. The van der Waals surface area contributed by atoms with Crippen LogP contribution < -0.4 is 5.32 Å². The highest BCUT2D eigenvalue weighted by molar-refractivity contribution is 14.1. The first-order valence-electron chi connectivity index (χ1n) is 6.56. The molecule has 1 atom stereocenters. The number of pyridine rings is 1. The summed E-state index contributed by atoms with van der Waals surface area (Å²) in [6.45, 7) is 0. The average Bonchev–Trinajstić information content (AvgIpc) is 2.50. The van der Waals surface area contributed by atoms with Gasteiger partial charge in [0.25, 0.3) is 0 Å². The summed E-state index contributed by atoms with van der Waals surface area (Å²) in [6, 6.07) is 19.0. The van der Waals surface area contributed by atoms with Gasteiger partial charge in [-0.15, -0.1) is 0 Å². The fourth-order valence-electron chi connectivity index (χ4n) is 2.46. The largest absolute Gasteiger partial charge is 0.309 e. The summed E-state index contributed by atoms with van der Waals surface area (Å²) in [4.78, 5) is 4.56. The minimum Gasteiger partial charge on any atom is -0.309 e. The number of nitrogens with one attached hydrogen (secondary N) is 1. The summed E-state index contributed by atoms with van der Waals surface area (Å²) in [5, 5.41) is 4.57. The van der Waals surface area contributed by atoms with Crippen LogP contribution in [0.15, 0.2) is 60.8 Å². The maximum atomic E-state index is 4.56. The van der Waals surface area contributed by atoms with Crippen molar-refractivity contribution in [3.63, 3.8) is 0 Å². The highest BCUT2D eigenvalue weighted by atomic mass is 127. The summed E-state index contributed by atoms with van der Waals surface area (Å²) in [5.41, 5.74) is 3.51. The minimum absolute atomic E-state index is 0.167. The fourth-order valence-corrected chi connectivity index (χ4v) is 3.16. The van der Waals surface area contributed by atoms with Crippen LogP contribution >= 0.6 is 22.6 Å². The molecule has 3 rings (SSSR count). The molecule has 100 valence electrons. The fraction of sp³-hybridized carbons (Fsp3) is 0.118. The van der Waals surface area contributed by atoms with E-state index in [2.05, 4.69) is 75.4 Å². The van der Waals surface area contributed by atoms with E-state index in [1.165, 1.54) is 20.1 Å². The van der Waals surface area contributed by atoms with Crippen molar-refractivity contribution in [1.82, 2.24) is 10.3 Å². The van der Waals surface area contributed by atoms with Gasteiger partial charge in [-0.05, 0) is 59.0 Å². The highest BCUT2D eigenvalue weighted by Gasteiger charge is 2.15. The predicted octanol–water partition coefficient (Wildman–Crippen LogP) is 4.15. The monoisotopic (exact) mass is 374 g/mol. The van der Waals surface area contributed by atoms with Crippen LogP contribution in [0.4, 0.5) is 0 Å².